The van der Waals surface area contributed by atoms with Crippen molar-refractivity contribution in [2.75, 3.05) is 18.6 Å². The molecule has 3 rings (SSSR count). The van der Waals surface area contributed by atoms with Crippen molar-refractivity contribution in [2.24, 2.45) is 0 Å². The Labute approximate surface area is 172 Å². The van der Waals surface area contributed by atoms with E-state index in [1.807, 2.05) is 36.4 Å². The first-order valence-corrected chi connectivity index (χ1v) is 9.91. The van der Waals surface area contributed by atoms with Crippen LogP contribution in [-0.2, 0) is 14.3 Å². The predicted octanol–water partition coefficient (Wildman–Crippen LogP) is 4.87. The van der Waals surface area contributed by atoms with Crippen LogP contribution in [0.2, 0.25) is 0 Å². The van der Waals surface area contributed by atoms with Gasteiger partial charge in [0.1, 0.15) is 11.8 Å². The molecule has 2 atom stereocenters. The first-order valence-electron chi connectivity index (χ1n) is 9.11. The van der Waals surface area contributed by atoms with Crippen molar-refractivity contribution in [1.82, 2.24) is 0 Å². The van der Waals surface area contributed by atoms with E-state index in [1.165, 1.54) is 12.0 Å². The highest BCUT2D eigenvalue weighted by Crippen LogP contribution is 2.42. The molecule has 7 heteroatoms. The minimum absolute atomic E-state index is 0.537. The number of carbonyl (C=O) groups is 2. The van der Waals surface area contributed by atoms with Gasteiger partial charge in [-0.15, -0.1) is 0 Å². The lowest BCUT2D eigenvalue weighted by molar-refractivity contribution is -0.149. The van der Waals surface area contributed by atoms with Gasteiger partial charge in [-0.1, -0.05) is 53.5 Å². The summed E-state index contributed by atoms with van der Waals surface area (Å²) < 4.78 is 17.1. The average Bonchev–Trinajstić information content (AvgIpc) is 3.05. The van der Waals surface area contributed by atoms with Crippen LogP contribution in [-0.4, -0.2) is 31.9 Å². The second-order valence-electron chi connectivity index (χ2n) is 6.36. The second-order valence-corrected chi connectivity index (χ2v) is 7.28. The quantitative estimate of drug-likeness (QED) is 0.447. The lowest BCUT2D eigenvalue weighted by Gasteiger charge is -2.26. The third-order valence-corrected chi connectivity index (χ3v) is 5.00. The summed E-state index contributed by atoms with van der Waals surface area (Å²) in [6.07, 6.45) is 0.200. The van der Waals surface area contributed by atoms with Gasteiger partial charge in [0.2, 0.25) is 6.10 Å². The molecule has 0 unspecified atom stereocenters. The summed E-state index contributed by atoms with van der Waals surface area (Å²) >= 11 is 3.46. The Bertz CT molecular complexity index is 842. The summed E-state index contributed by atoms with van der Waals surface area (Å²) in [5.41, 5.74) is 1.32. The predicted molar refractivity (Wildman–Crippen MR) is 108 cm³/mol. The van der Waals surface area contributed by atoms with Gasteiger partial charge in [0.25, 0.3) is 0 Å². The maximum Gasteiger partial charge on any atom is 0.415 e. The second kappa shape index (κ2) is 9.10. The molecular formula is C21H22BrNO5. The highest BCUT2D eigenvalue weighted by atomic mass is 79.9. The minimum atomic E-state index is -1.09. The molecule has 0 spiro atoms. The summed E-state index contributed by atoms with van der Waals surface area (Å²) in [4.78, 5) is 26.5. The number of carbonyl (C=O) groups excluding carboxylic acids is 2. The van der Waals surface area contributed by atoms with Gasteiger partial charge >= 0.3 is 12.1 Å². The van der Waals surface area contributed by atoms with Gasteiger partial charge in [0, 0.05) is 15.7 Å². The SMILES string of the molecule is CCCCOc1cc(Br)ccc1[C@@H]1[C@@H](C(=O)OC)OC(=O)N1c1ccccc1. The number of nitrogens with zero attached hydrogens (tertiary/aromatic N) is 1. The van der Waals surface area contributed by atoms with E-state index in [0.717, 1.165) is 17.3 Å². The number of esters is 1. The first kappa shape index (κ1) is 20.2. The van der Waals surface area contributed by atoms with Crippen molar-refractivity contribution in [3.8, 4) is 5.75 Å². The van der Waals surface area contributed by atoms with Crippen molar-refractivity contribution in [2.45, 2.75) is 31.9 Å². The summed E-state index contributed by atoms with van der Waals surface area (Å²) in [6.45, 7) is 2.62. The molecule has 28 heavy (non-hydrogen) atoms. The van der Waals surface area contributed by atoms with Crippen LogP contribution < -0.4 is 9.64 Å². The molecule has 2 aromatic rings. The standard InChI is InChI=1S/C21H22BrNO5/c1-3-4-12-27-17-13-14(22)10-11-16(17)18-19(20(24)26-2)28-21(25)23(18)15-8-6-5-7-9-15/h5-11,13,18-19H,3-4,12H2,1-2H3/t18-,19+/m1/s1. The highest BCUT2D eigenvalue weighted by Gasteiger charge is 2.49. The number of benzene rings is 2. The maximum absolute atomic E-state index is 12.7. The Morgan fingerprint density at radius 1 is 1.21 bits per heavy atom. The molecule has 0 bridgehead atoms. The molecule has 1 heterocycles. The molecule has 1 aliphatic heterocycles. The normalized spacial score (nSPS) is 18.7. The molecule has 0 radical (unpaired) electrons. The Hall–Kier alpha value is -2.54. The molecule has 0 aliphatic carbocycles. The van der Waals surface area contributed by atoms with E-state index in [2.05, 4.69) is 22.9 Å². The lowest BCUT2D eigenvalue weighted by Crippen LogP contribution is -2.33. The van der Waals surface area contributed by atoms with E-state index in [0.29, 0.717) is 23.6 Å². The molecule has 1 amide bonds. The molecule has 0 N–H and O–H groups in total. The Kier molecular flexibility index (Phi) is 6.57. The number of halogens is 1. The maximum atomic E-state index is 12.7. The Morgan fingerprint density at radius 3 is 2.64 bits per heavy atom. The van der Waals surface area contributed by atoms with Gasteiger partial charge in [0.05, 0.1) is 13.7 Å². The zero-order chi connectivity index (χ0) is 20.1. The van der Waals surface area contributed by atoms with Crippen LogP contribution in [0.15, 0.2) is 53.0 Å². The van der Waals surface area contributed by atoms with E-state index < -0.39 is 24.2 Å². The van der Waals surface area contributed by atoms with E-state index in [1.54, 1.807) is 12.1 Å². The molecule has 0 saturated carbocycles. The van der Waals surface area contributed by atoms with Crippen molar-refractivity contribution >= 4 is 33.7 Å². The van der Waals surface area contributed by atoms with Crippen LogP contribution in [0.5, 0.6) is 5.75 Å². The zero-order valence-electron chi connectivity index (χ0n) is 15.8. The third kappa shape index (κ3) is 4.14. The number of rotatable bonds is 7. The molecule has 1 fully saturated rings. The molecule has 2 aromatic carbocycles. The van der Waals surface area contributed by atoms with Crippen LogP contribution in [0.25, 0.3) is 0 Å². The smallest absolute Gasteiger partial charge is 0.415 e. The summed E-state index contributed by atoms with van der Waals surface area (Å²) in [6, 6.07) is 13.9. The van der Waals surface area contributed by atoms with Crippen LogP contribution in [0.3, 0.4) is 0 Å². The minimum Gasteiger partial charge on any atom is -0.493 e. The molecule has 148 valence electrons. The average molecular weight is 448 g/mol. The molecule has 0 aromatic heterocycles. The van der Waals surface area contributed by atoms with E-state index >= 15 is 0 Å². The summed E-state index contributed by atoms with van der Waals surface area (Å²) in [5, 5.41) is 0. The number of hydrogen-bond donors (Lipinski definition) is 0. The van der Waals surface area contributed by atoms with Gasteiger partial charge in [-0.05, 0) is 30.7 Å². The van der Waals surface area contributed by atoms with Gasteiger partial charge in [0.15, 0.2) is 0 Å². The topological polar surface area (TPSA) is 65.1 Å². The number of hydrogen-bond acceptors (Lipinski definition) is 5. The van der Waals surface area contributed by atoms with E-state index in [4.69, 9.17) is 14.2 Å². The fourth-order valence-electron chi connectivity index (χ4n) is 3.13. The number of anilines is 1. The van der Waals surface area contributed by atoms with Crippen LogP contribution in [0, 0.1) is 0 Å². The van der Waals surface area contributed by atoms with Crippen LogP contribution in [0.1, 0.15) is 31.4 Å². The molecule has 6 nitrogen and oxygen atoms in total. The Balaban J connectivity index is 2.08. The van der Waals surface area contributed by atoms with Crippen LogP contribution >= 0.6 is 15.9 Å². The van der Waals surface area contributed by atoms with Gasteiger partial charge in [-0.25, -0.2) is 9.59 Å². The van der Waals surface area contributed by atoms with Crippen molar-refractivity contribution in [3.63, 3.8) is 0 Å². The van der Waals surface area contributed by atoms with Gasteiger partial charge in [-0.3, -0.25) is 4.90 Å². The number of unbranched alkanes of at least 4 members (excludes halogenated alkanes) is 1. The summed E-state index contributed by atoms with van der Waals surface area (Å²) in [7, 11) is 1.28. The highest BCUT2D eigenvalue weighted by molar-refractivity contribution is 9.10. The van der Waals surface area contributed by atoms with Crippen LogP contribution in [0.4, 0.5) is 10.5 Å². The number of cyclic esters (lactones) is 1. The van der Waals surface area contributed by atoms with E-state index in [9.17, 15) is 9.59 Å². The largest absolute Gasteiger partial charge is 0.493 e. The van der Waals surface area contributed by atoms with Gasteiger partial charge < -0.3 is 14.2 Å². The summed E-state index contributed by atoms with van der Waals surface area (Å²) in [5.74, 6) is -0.0137. The van der Waals surface area contributed by atoms with Crippen molar-refractivity contribution in [1.29, 1.82) is 0 Å². The molecule has 1 aliphatic rings. The number of methoxy groups -OCH3 is 1. The molecular weight excluding hydrogens is 426 g/mol. The fraction of sp³-hybridized carbons (Fsp3) is 0.333. The Morgan fingerprint density at radius 2 is 1.96 bits per heavy atom. The number of ether oxygens (including phenoxy) is 3. The fourth-order valence-corrected chi connectivity index (χ4v) is 3.47. The first-order chi connectivity index (χ1) is 13.6. The van der Waals surface area contributed by atoms with Gasteiger partial charge in [-0.2, -0.15) is 0 Å². The zero-order valence-corrected chi connectivity index (χ0v) is 17.3. The van der Waals surface area contributed by atoms with Crippen molar-refractivity contribution < 1.29 is 23.8 Å². The monoisotopic (exact) mass is 447 g/mol. The van der Waals surface area contributed by atoms with E-state index in [-0.39, 0.29) is 0 Å². The van der Waals surface area contributed by atoms with Crippen molar-refractivity contribution in [3.05, 3.63) is 58.6 Å². The number of amides is 1. The lowest BCUT2D eigenvalue weighted by atomic mass is 9.99. The number of para-hydroxylation sites is 1. The molecule has 1 saturated heterocycles. The third-order valence-electron chi connectivity index (χ3n) is 4.51.